The second kappa shape index (κ2) is 2.61. The molecule has 0 aliphatic carbocycles. The predicted molar refractivity (Wildman–Crippen MR) is 59.7 cm³/mol. The van der Waals surface area contributed by atoms with E-state index in [1.54, 1.807) is 17.6 Å². The van der Waals surface area contributed by atoms with Gasteiger partial charge in [0.05, 0.1) is 11.4 Å². The first kappa shape index (κ1) is 7.89. The first-order chi connectivity index (χ1) is 7.93. The van der Waals surface area contributed by atoms with Crippen molar-refractivity contribution >= 4 is 23.0 Å². The van der Waals surface area contributed by atoms with Crippen LogP contribution < -0.4 is 15.9 Å². The van der Waals surface area contributed by atoms with Crippen LogP contribution in [0.5, 0.6) is 0 Å². The van der Waals surface area contributed by atoms with Crippen LogP contribution in [0.25, 0.3) is 0 Å². The van der Waals surface area contributed by atoms with E-state index < -0.39 is 0 Å². The Morgan fingerprint density at radius 2 is 1.88 bits per heavy atom. The topological polar surface area (TPSA) is 56.3 Å². The third kappa shape index (κ3) is 0.842. The number of para-hydroxylation sites is 2. The average molecular weight is 212 g/mol. The van der Waals surface area contributed by atoms with Crippen molar-refractivity contribution in [2.75, 3.05) is 15.9 Å². The van der Waals surface area contributed by atoms with Crippen LogP contribution in [0.3, 0.4) is 0 Å². The highest BCUT2D eigenvalue weighted by Gasteiger charge is 2.37. The molecule has 2 aromatic rings. The minimum absolute atomic E-state index is 0.754. The Morgan fingerprint density at radius 1 is 1.00 bits per heavy atom. The van der Waals surface area contributed by atoms with Gasteiger partial charge in [-0.15, -0.1) is 0 Å². The first-order valence-electron chi connectivity index (χ1n) is 4.97. The average Bonchev–Trinajstić information content (AvgIpc) is 2.83. The molecule has 0 spiro atoms. The Kier molecular flexibility index (Phi) is 1.29. The highest BCUT2D eigenvalue weighted by molar-refractivity contribution is 5.84. The van der Waals surface area contributed by atoms with E-state index in [1.165, 1.54) is 0 Å². The quantitative estimate of drug-likeness (QED) is 0.690. The molecule has 0 atom stereocenters. The van der Waals surface area contributed by atoms with Gasteiger partial charge in [-0.3, -0.25) is 10.9 Å². The molecule has 2 aliphatic rings. The van der Waals surface area contributed by atoms with Crippen LogP contribution in [-0.4, -0.2) is 15.2 Å². The molecule has 16 heavy (non-hydrogen) atoms. The number of rotatable bonds is 0. The summed E-state index contributed by atoms with van der Waals surface area (Å²) in [6, 6.07) is 8.05. The van der Waals surface area contributed by atoms with Crippen LogP contribution in [-0.2, 0) is 0 Å². The van der Waals surface area contributed by atoms with Crippen molar-refractivity contribution in [3.63, 3.8) is 0 Å². The van der Waals surface area contributed by atoms with Gasteiger partial charge < -0.3 is 0 Å². The summed E-state index contributed by atoms with van der Waals surface area (Å²) in [6.07, 6.45) is 3.35. The van der Waals surface area contributed by atoms with E-state index in [0.29, 0.717) is 0 Å². The standard InChI is InChI=1S/C10H8N6/c1-2-4-8-7(3-1)13-16-14-9-10(15(8)16)12-6-5-11-9/h1-6,13H,(H,11,14). The predicted octanol–water partition coefficient (Wildman–Crippen LogP) is 1.51. The molecule has 1 aromatic carbocycles. The van der Waals surface area contributed by atoms with E-state index in [-0.39, 0.29) is 0 Å². The van der Waals surface area contributed by atoms with Crippen molar-refractivity contribution in [3.8, 4) is 0 Å². The van der Waals surface area contributed by atoms with Crippen LogP contribution >= 0.6 is 0 Å². The van der Waals surface area contributed by atoms with Crippen molar-refractivity contribution in [2.24, 2.45) is 0 Å². The number of fused-ring (bicyclic) bond motifs is 5. The zero-order valence-electron chi connectivity index (χ0n) is 8.25. The molecule has 3 heterocycles. The molecule has 0 radical (unpaired) electrons. The van der Waals surface area contributed by atoms with Gasteiger partial charge in [0.1, 0.15) is 0 Å². The molecule has 0 saturated carbocycles. The number of hydrazine groups is 3. The number of benzene rings is 1. The molecule has 2 aliphatic heterocycles. The van der Waals surface area contributed by atoms with Crippen molar-refractivity contribution < 1.29 is 0 Å². The van der Waals surface area contributed by atoms with Crippen LogP contribution in [0.1, 0.15) is 0 Å². The van der Waals surface area contributed by atoms with Gasteiger partial charge in [-0.25, -0.2) is 15.0 Å². The van der Waals surface area contributed by atoms with Gasteiger partial charge in [-0.1, -0.05) is 12.1 Å². The third-order valence-corrected chi connectivity index (χ3v) is 2.65. The lowest BCUT2D eigenvalue weighted by atomic mass is 10.3. The van der Waals surface area contributed by atoms with Crippen LogP contribution in [0, 0.1) is 0 Å². The normalized spacial score (nSPS) is 16.1. The van der Waals surface area contributed by atoms with Crippen molar-refractivity contribution in [3.05, 3.63) is 36.7 Å². The minimum Gasteiger partial charge on any atom is -0.280 e. The van der Waals surface area contributed by atoms with E-state index in [0.717, 1.165) is 23.0 Å². The maximum absolute atomic E-state index is 4.32. The van der Waals surface area contributed by atoms with Gasteiger partial charge in [0.15, 0.2) is 11.6 Å². The maximum atomic E-state index is 4.32. The second-order valence-electron chi connectivity index (χ2n) is 3.59. The van der Waals surface area contributed by atoms with Gasteiger partial charge >= 0.3 is 0 Å². The maximum Gasteiger partial charge on any atom is 0.195 e. The van der Waals surface area contributed by atoms with Crippen molar-refractivity contribution in [1.82, 2.24) is 15.2 Å². The lowest BCUT2D eigenvalue weighted by Crippen LogP contribution is -2.37. The molecule has 0 fully saturated rings. The summed E-state index contributed by atoms with van der Waals surface area (Å²) in [5.74, 6) is 1.56. The Morgan fingerprint density at radius 3 is 2.88 bits per heavy atom. The van der Waals surface area contributed by atoms with Crippen LogP contribution in [0.2, 0.25) is 0 Å². The lowest BCUT2D eigenvalue weighted by molar-refractivity contribution is 0.444. The molecule has 78 valence electrons. The summed E-state index contributed by atoms with van der Waals surface area (Å²) >= 11 is 0. The molecule has 0 amide bonds. The summed E-state index contributed by atoms with van der Waals surface area (Å²) in [6.45, 7) is 0. The summed E-state index contributed by atoms with van der Waals surface area (Å²) in [5, 5.41) is 3.73. The highest BCUT2D eigenvalue weighted by atomic mass is 16.0. The first-order valence-corrected chi connectivity index (χ1v) is 4.97. The van der Waals surface area contributed by atoms with E-state index >= 15 is 0 Å². The Labute approximate surface area is 91.4 Å². The molecule has 4 rings (SSSR count). The lowest BCUT2D eigenvalue weighted by Gasteiger charge is -2.17. The fraction of sp³-hybridized carbons (Fsp3) is 0. The van der Waals surface area contributed by atoms with E-state index in [2.05, 4.69) is 20.8 Å². The molecule has 6 heteroatoms. The monoisotopic (exact) mass is 212 g/mol. The van der Waals surface area contributed by atoms with E-state index in [9.17, 15) is 0 Å². The van der Waals surface area contributed by atoms with Gasteiger partial charge in [-0.2, -0.15) is 0 Å². The molecule has 0 unspecified atom stereocenters. The van der Waals surface area contributed by atoms with Gasteiger partial charge in [0.2, 0.25) is 0 Å². The van der Waals surface area contributed by atoms with Gasteiger partial charge in [0, 0.05) is 12.4 Å². The summed E-state index contributed by atoms with van der Waals surface area (Å²) in [5.41, 5.74) is 8.44. The largest absolute Gasteiger partial charge is 0.280 e. The highest BCUT2D eigenvalue weighted by Crippen LogP contribution is 2.43. The summed E-state index contributed by atoms with van der Waals surface area (Å²) in [4.78, 5) is 8.54. The number of aromatic nitrogens is 2. The molecule has 2 N–H and O–H groups in total. The summed E-state index contributed by atoms with van der Waals surface area (Å²) in [7, 11) is 0. The molecular weight excluding hydrogens is 204 g/mol. The van der Waals surface area contributed by atoms with Crippen LogP contribution in [0.4, 0.5) is 23.0 Å². The van der Waals surface area contributed by atoms with Crippen molar-refractivity contribution in [1.29, 1.82) is 0 Å². The smallest absolute Gasteiger partial charge is 0.195 e. The Hall–Kier alpha value is -2.34. The van der Waals surface area contributed by atoms with E-state index in [4.69, 9.17) is 0 Å². The van der Waals surface area contributed by atoms with Crippen LogP contribution in [0.15, 0.2) is 36.7 Å². The SMILES string of the molecule is c1ccc2c(c1)NN1Nc3nccnc3N21. The van der Waals surface area contributed by atoms with E-state index in [1.807, 2.05) is 29.3 Å². The minimum atomic E-state index is 0.754. The molecule has 0 bridgehead atoms. The molecule has 1 aromatic heterocycles. The van der Waals surface area contributed by atoms with Crippen molar-refractivity contribution in [2.45, 2.75) is 0 Å². The molecule has 0 saturated heterocycles. The number of anilines is 4. The Balaban J connectivity index is 1.93. The number of nitrogens with one attached hydrogen (secondary N) is 2. The Bertz CT molecular complexity index is 519. The van der Waals surface area contributed by atoms with Gasteiger partial charge in [0.25, 0.3) is 0 Å². The number of hydrogen-bond acceptors (Lipinski definition) is 6. The van der Waals surface area contributed by atoms with Gasteiger partial charge in [-0.05, 0) is 17.4 Å². The fourth-order valence-electron chi connectivity index (χ4n) is 1.98. The fourth-order valence-corrected chi connectivity index (χ4v) is 1.98. The molecular formula is C10H8N6. The second-order valence-corrected chi connectivity index (χ2v) is 3.59. The summed E-state index contributed by atoms with van der Waals surface area (Å²) < 4.78 is 0. The zero-order valence-corrected chi connectivity index (χ0v) is 8.25. The zero-order chi connectivity index (χ0) is 10.5. The number of nitrogens with zero attached hydrogens (tertiary/aromatic N) is 4. The third-order valence-electron chi connectivity index (χ3n) is 2.65. The number of hydrogen-bond donors (Lipinski definition) is 2. The molecule has 6 nitrogen and oxygen atoms in total.